The van der Waals surface area contributed by atoms with E-state index in [1.165, 1.54) is 0 Å². The van der Waals surface area contributed by atoms with Crippen molar-refractivity contribution in [3.05, 3.63) is 184 Å². The first kappa shape index (κ1) is 32.6. The van der Waals surface area contributed by atoms with E-state index in [1.54, 1.807) is 74.4 Å². The van der Waals surface area contributed by atoms with Crippen molar-refractivity contribution in [1.82, 2.24) is 29.9 Å². The van der Waals surface area contributed by atoms with Gasteiger partial charge in [-0.3, -0.25) is 29.9 Å². The molecule has 6 rings (SSSR count). The van der Waals surface area contributed by atoms with E-state index in [-0.39, 0.29) is 20.4 Å². The fraction of sp³-hybridized carbons (Fsp3) is 0. The minimum absolute atomic E-state index is 0. The summed E-state index contributed by atoms with van der Waals surface area (Å²) in [5.74, 6) is 0. The molecule has 0 radical (unpaired) electrons. The van der Waals surface area contributed by atoms with Crippen LogP contribution in [0.3, 0.4) is 0 Å². The Labute approximate surface area is 233 Å². The molecular weight excluding hydrogens is 551 g/mol. The number of hydrogen-bond acceptors (Lipinski definition) is 6. The summed E-state index contributed by atoms with van der Waals surface area (Å²) in [5.41, 5.74) is 0. The second-order valence-electron chi connectivity index (χ2n) is 6.15. The monoisotopic (exact) mass is 580 g/mol. The molecule has 0 saturated heterocycles. The van der Waals surface area contributed by atoms with Gasteiger partial charge in [0.2, 0.25) is 0 Å². The summed E-state index contributed by atoms with van der Waals surface area (Å²) in [6.45, 7) is 0. The standard InChI is InChI=1S/6C5H5N.Pd/c6*1-2-4-6-5-3-1;/h6*1-5H;. The number of rotatable bonds is 0. The number of hydrogen-bond donors (Lipinski definition) is 0. The zero-order valence-electron chi connectivity index (χ0n) is 20.3. The molecule has 0 fully saturated rings. The van der Waals surface area contributed by atoms with Gasteiger partial charge >= 0.3 is 0 Å². The molecule has 0 N–H and O–H groups in total. The number of nitrogens with zero attached hydrogens (tertiary/aromatic N) is 6. The molecule has 0 aliphatic carbocycles. The molecule has 6 heterocycles. The summed E-state index contributed by atoms with van der Waals surface area (Å²) in [4.78, 5) is 22.7. The van der Waals surface area contributed by atoms with Crippen LogP contribution in [0.2, 0.25) is 0 Å². The molecule has 0 amide bonds. The topological polar surface area (TPSA) is 77.3 Å². The number of aromatic nitrogens is 6. The maximum atomic E-state index is 3.78. The molecule has 0 aliphatic heterocycles. The molecule has 6 aromatic heterocycles. The molecule has 37 heavy (non-hydrogen) atoms. The smallest absolute Gasteiger partial charge is 0.0267 e. The van der Waals surface area contributed by atoms with Gasteiger partial charge in [0.05, 0.1) is 0 Å². The molecule has 7 heteroatoms. The van der Waals surface area contributed by atoms with Crippen LogP contribution in [-0.4, -0.2) is 29.9 Å². The quantitative estimate of drug-likeness (QED) is 0.191. The molecule has 0 unspecified atom stereocenters. The van der Waals surface area contributed by atoms with Crippen LogP contribution in [0.1, 0.15) is 0 Å². The van der Waals surface area contributed by atoms with E-state index in [4.69, 9.17) is 0 Å². The van der Waals surface area contributed by atoms with Crippen LogP contribution < -0.4 is 0 Å². The Morgan fingerprint density at radius 2 is 0.270 bits per heavy atom. The minimum Gasteiger partial charge on any atom is -0.265 e. The Hall–Kier alpha value is -4.44. The Bertz CT molecular complexity index is 706. The Morgan fingerprint density at radius 3 is 0.297 bits per heavy atom. The molecular formula is C30H30N6Pd. The van der Waals surface area contributed by atoms with Gasteiger partial charge < -0.3 is 0 Å². The van der Waals surface area contributed by atoms with Crippen LogP contribution >= 0.6 is 0 Å². The van der Waals surface area contributed by atoms with Crippen LogP contribution in [0, 0.1) is 0 Å². The van der Waals surface area contributed by atoms with E-state index >= 15 is 0 Å². The van der Waals surface area contributed by atoms with Gasteiger partial charge in [-0.05, 0) is 72.8 Å². The third-order valence-corrected chi connectivity index (χ3v) is 3.40. The van der Waals surface area contributed by atoms with E-state index in [0.717, 1.165) is 0 Å². The second kappa shape index (κ2) is 29.6. The van der Waals surface area contributed by atoms with Crippen molar-refractivity contribution >= 4 is 0 Å². The van der Waals surface area contributed by atoms with Crippen molar-refractivity contribution in [3.8, 4) is 0 Å². The first-order valence-corrected chi connectivity index (χ1v) is 11.1. The zero-order chi connectivity index (χ0) is 25.5. The molecule has 0 aliphatic rings. The van der Waals surface area contributed by atoms with Gasteiger partial charge in [0.1, 0.15) is 0 Å². The van der Waals surface area contributed by atoms with Crippen molar-refractivity contribution in [2.24, 2.45) is 0 Å². The van der Waals surface area contributed by atoms with Crippen LogP contribution in [0.15, 0.2) is 184 Å². The Kier molecular flexibility index (Phi) is 26.0. The average Bonchev–Trinajstić information content (AvgIpc) is 3.04. The average molecular weight is 581 g/mol. The molecule has 0 atom stereocenters. The molecule has 0 aromatic carbocycles. The molecule has 6 aromatic rings. The normalized spacial score (nSPS) is 7.78. The molecule has 6 nitrogen and oxygen atoms in total. The molecule has 0 spiro atoms. The minimum atomic E-state index is 0. The van der Waals surface area contributed by atoms with E-state index < -0.39 is 0 Å². The zero-order valence-corrected chi connectivity index (χ0v) is 21.9. The summed E-state index contributed by atoms with van der Waals surface area (Å²) in [7, 11) is 0. The maximum Gasteiger partial charge on any atom is 0.0267 e. The van der Waals surface area contributed by atoms with Gasteiger partial charge in [0.25, 0.3) is 0 Å². The third-order valence-electron chi connectivity index (χ3n) is 3.40. The Morgan fingerprint density at radius 1 is 0.162 bits per heavy atom. The fourth-order valence-corrected chi connectivity index (χ4v) is 1.88. The first-order chi connectivity index (χ1) is 18.0. The predicted molar refractivity (Wildman–Crippen MR) is 145 cm³/mol. The Balaban J connectivity index is 0.000000418. The van der Waals surface area contributed by atoms with Gasteiger partial charge in [-0.15, -0.1) is 0 Å². The van der Waals surface area contributed by atoms with E-state index in [0.29, 0.717) is 0 Å². The first-order valence-electron chi connectivity index (χ1n) is 11.1. The number of pyridine rings is 6. The maximum absolute atomic E-state index is 3.78. The molecule has 190 valence electrons. The fourth-order valence-electron chi connectivity index (χ4n) is 1.88. The van der Waals surface area contributed by atoms with E-state index in [1.807, 2.05) is 109 Å². The van der Waals surface area contributed by atoms with Crippen molar-refractivity contribution in [1.29, 1.82) is 0 Å². The van der Waals surface area contributed by atoms with Crippen molar-refractivity contribution in [3.63, 3.8) is 0 Å². The molecule has 0 saturated carbocycles. The SMILES string of the molecule is [Pd].c1ccncc1.c1ccncc1.c1ccncc1.c1ccncc1.c1ccncc1.c1ccncc1. The third kappa shape index (κ3) is 27.7. The van der Waals surface area contributed by atoms with Crippen molar-refractivity contribution in [2.75, 3.05) is 0 Å². The van der Waals surface area contributed by atoms with Gasteiger partial charge in [0.15, 0.2) is 0 Å². The van der Waals surface area contributed by atoms with Crippen molar-refractivity contribution in [2.45, 2.75) is 0 Å². The summed E-state index contributed by atoms with van der Waals surface area (Å²) in [6.07, 6.45) is 21.0. The van der Waals surface area contributed by atoms with Gasteiger partial charge in [-0.2, -0.15) is 0 Å². The van der Waals surface area contributed by atoms with Crippen LogP contribution in [0.25, 0.3) is 0 Å². The van der Waals surface area contributed by atoms with Crippen molar-refractivity contribution < 1.29 is 20.4 Å². The van der Waals surface area contributed by atoms with E-state index in [9.17, 15) is 0 Å². The second-order valence-corrected chi connectivity index (χ2v) is 6.15. The largest absolute Gasteiger partial charge is 0.265 e. The summed E-state index contributed by atoms with van der Waals surface area (Å²) in [5, 5.41) is 0. The summed E-state index contributed by atoms with van der Waals surface area (Å²) in [6, 6.07) is 34.3. The predicted octanol–water partition coefficient (Wildman–Crippen LogP) is 6.49. The van der Waals surface area contributed by atoms with Gasteiger partial charge in [-0.25, -0.2) is 0 Å². The van der Waals surface area contributed by atoms with E-state index in [2.05, 4.69) is 29.9 Å². The summed E-state index contributed by atoms with van der Waals surface area (Å²) >= 11 is 0. The van der Waals surface area contributed by atoms with Crippen LogP contribution in [-0.2, 0) is 20.4 Å². The van der Waals surface area contributed by atoms with Crippen LogP contribution in [0.4, 0.5) is 0 Å². The van der Waals surface area contributed by atoms with Gasteiger partial charge in [-0.1, -0.05) is 36.4 Å². The van der Waals surface area contributed by atoms with Gasteiger partial charge in [0, 0.05) is 94.8 Å². The van der Waals surface area contributed by atoms with Crippen LogP contribution in [0.5, 0.6) is 0 Å². The molecule has 0 bridgehead atoms. The summed E-state index contributed by atoms with van der Waals surface area (Å²) < 4.78 is 0.